The van der Waals surface area contributed by atoms with Crippen molar-refractivity contribution in [3.63, 3.8) is 0 Å². The molecule has 33 heavy (non-hydrogen) atoms. The molecule has 170 valence electrons. The SMILES string of the molecule is O=C(Cc1ccccc1)NCC1CN(Cc2cccc(Cl)c2)CC12CN(c1ccccc1)C2. The number of rotatable bonds is 7. The number of benzene rings is 3. The van der Waals surface area contributed by atoms with Gasteiger partial charge in [0.15, 0.2) is 0 Å². The standard InChI is InChI=1S/C28H30ClN3O/c29-25-11-7-10-23(14-25)17-31-18-24(16-30-27(33)15-22-8-3-1-4-9-22)28(19-31)20-32(21-28)26-12-5-2-6-13-26/h1-14,24H,15-21H2,(H,30,33). The van der Waals surface area contributed by atoms with Crippen molar-refractivity contribution in [3.8, 4) is 0 Å². The van der Waals surface area contributed by atoms with Crippen LogP contribution in [0.5, 0.6) is 0 Å². The molecule has 0 aliphatic carbocycles. The molecule has 5 heteroatoms. The van der Waals surface area contributed by atoms with Crippen LogP contribution in [0.1, 0.15) is 11.1 Å². The highest BCUT2D eigenvalue weighted by atomic mass is 35.5. The van der Waals surface area contributed by atoms with Crippen molar-refractivity contribution in [3.05, 3.63) is 101 Å². The second-order valence-corrected chi connectivity index (χ2v) is 9.95. The van der Waals surface area contributed by atoms with Crippen molar-refractivity contribution in [1.29, 1.82) is 0 Å². The predicted octanol–water partition coefficient (Wildman–Crippen LogP) is 4.64. The molecule has 0 radical (unpaired) electrons. The lowest BCUT2D eigenvalue weighted by Gasteiger charge is -2.52. The average molecular weight is 460 g/mol. The van der Waals surface area contributed by atoms with Gasteiger partial charge >= 0.3 is 0 Å². The van der Waals surface area contributed by atoms with Gasteiger partial charge in [0, 0.05) is 55.4 Å². The predicted molar refractivity (Wildman–Crippen MR) is 134 cm³/mol. The number of hydrogen-bond donors (Lipinski definition) is 1. The number of carbonyl (C=O) groups excluding carboxylic acids is 1. The van der Waals surface area contributed by atoms with Crippen molar-refractivity contribution in [1.82, 2.24) is 10.2 Å². The van der Waals surface area contributed by atoms with Gasteiger partial charge in [-0.1, -0.05) is 72.3 Å². The van der Waals surface area contributed by atoms with Crippen molar-refractivity contribution in [2.24, 2.45) is 11.3 Å². The third kappa shape index (κ3) is 5.07. The van der Waals surface area contributed by atoms with Crippen LogP contribution in [0.25, 0.3) is 0 Å². The molecule has 0 saturated carbocycles. The Balaban J connectivity index is 1.25. The number of hydrogen-bond acceptors (Lipinski definition) is 3. The Morgan fingerprint density at radius 2 is 1.61 bits per heavy atom. The van der Waals surface area contributed by atoms with E-state index in [2.05, 4.69) is 57.6 Å². The van der Waals surface area contributed by atoms with Crippen molar-refractivity contribution in [2.45, 2.75) is 13.0 Å². The quantitative estimate of drug-likeness (QED) is 0.559. The number of carbonyl (C=O) groups is 1. The minimum Gasteiger partial charge on any atom is -0.370 e. The molecule has 4 nitrogen and oxygen atoms in total. The molecule has 1 N–H and O–H groups in total. The van der Waals surface area contributed by atoms with E-state index in [1.165, 1.54) is 11.3 Å². The van der Waals surface area contributed by atoms with E-state index in [-0.39, 0.29) is 11.3 Å². The average Bonchev–Trinajstić information content (AvgIpc) is 3.16. The van der Waals surface area contributed by atoms with Crippen LogP contribution in [0.2, 0.25) is 5.02 Å². The Bertz CT molecular complexity index is 1080. The molecule has 0 bridgehead atoms. The summed E-state index contributed by atoms with van der Waals surface area (Å²) >= 11 is 6.22. The Kier molecular flexibility index (Phi) is 6.39. The van der Waals surface area contributed by atoms with Gasteiger partial charge in [-0.3, -0.25) is 9.69 Å². The molecule has 0 aromatic heterocycles. The fourth-order valence-electron chi connectivity index (χ4n) is 5.41. The summed E-state index contributed by atoms with van der Waals surface area (Å²) in [6.45, 7) is 5.70. The smallest absolute Gasteiger partial charge is 0.224 e. The molecule has 2 heterocycles. The molecule has 1 unspecified atom stereocenters. The molecular formula is C28H30ClN3O. The molecule has 2 aliphatic heterocycles. The minimum absolute atomic E-state index is 0.101. The van der Waals surface area contributed by atoms with Gasteiger partial charge in [-0.15, -0.1) is 0 Å². The van der Waals surface area contributed by atoms with E-state index < -0.39 is 0 Å². The number of amides is 1. The van der Waals surface area contributed by atoms with Crippen LogP contribution in [0, 0.1) is 11.3 Å². The van der Waals surface area contributed by atoms with Crippen LogP contribution in [-0.4, -0.2) is 43.5 Å². The van der Waals surface area contributed by atoms with Crippen LogP contribution < -0.4 is 10.2 Å². The highest BCUT2D eigenvalue weighted by molar-refractivity contribution is 6.30. The first-order valence-electron chi connectivity index (χ1n) is 11.7. The first-order chi connectivity index (χ1) is 16.1. The molecule has 2 aliphatic rings. The van der Waals surface area contributed by atoms with E-state index in [0.717, 1.165) is 49.9 Å². The number of likely N-dealkylation sites (tertiary alicyclic amines) is 1. The van der Waals surface area contributed by atoms with Crippen LogP contribution in [0.15, 0.2) is 84.9 Å². The van der Waals surface area contributed by atoms with E-state index in [9.17, 15) is 4.79 Å². The van der Waals surface area contributed by atoms with Crippen LogP contribution in [-0.2, 0) is 17.8 Å². The minimum atomic E-state index is 0.101. The maximum atomic E-state index is 12.6. The summed E-state index contributed by atoms with van der Waals surface area (Å²) in [6.07, 6.45) is 0.433. The van der Waals surface area contributed by atoms with E-state index in [1.54, 1.807) is 0 Å². The number of anilines is 1. The van der Waals surface area contributed by atoms with Crippen molar-refractivity contribution in [2.75, 3.05) is 37.6 Å². The third-order valence-electron chi connectivity index (χ3n) is 7.06. The first-order valence-corrected chi connectivity index (χ1v) is 12.0. The molecule has 1 amide bonds. The lowest BCUT2D eigenvalue weighted by atomic mass is 9.71. The molecule has 1 spiro atoms. The third-order valence-corrected chi connectivity index (χ3v) is 7.30. The number of nitrogens with zero attached hydrogens (tertiary/aromatic N) is 2. The normalized spacial score (nSPS) is 19.4. The second-order valence-electron chi connectivity index (χ2n) is 9.52. The summed E-state index contributed by atoms with van der Waals surface area (Å²) in [5, 5.41) is 4.02. The number of nitrogens with one attached hydrogen (secondary N) is 1. The summed E-state index contributed by atoms with van der Waals surface area (Å²) < 4.78 is 0. The van der Waals surface area contributed by atoms with E-state index >= 15 is 0 Å². The van der Waals surface area contributed by atoms with E-state index in [0.29, 0.717) is 12.3 Å². The zero-order valence-corrected chi connectivity index (χ0v) is 19.5. The Morgan fingerprint density at radius 3 is 2.33 bits per heavy atom. The van der Waals surface area contributed by atoms with Gasteiger partial charge in [0.1, 0.15) is 0 Å². The van der Waals surface area contributed by atoms with Crippen LogP contribution >= 0.6 is 11.6 Å². The fraction of sp³-hybridized carbons (Fsp3) is 0.321. The molecule has 5 rings (SSSR count). The van der Waals surface area contributed by atoms with Crippen LogP contribution in [0.3, 0.4) is 0 Å². The Hall–Kier alpha value is -2.82. The summed E-state index contributed by atoms with van der Waals surface area (Å²) in [7, 11) is 0. The molecule has 3 aromatic carbocycles. The van der Waals surface area contributed by atoms with Gasteiger partial charge in [0.25, 0.3) is 0 Å². The summed E-state index contributed by atoms with van der Waals surface area (Å²) in [5.41, 5.74) is 3.78. The molecular weight excluding hydrogens is 430 g/mol. The van der Waals surface area contributed by atoms with Gasteiger partial charge < -0.3 is 10.2 Å². The van der Waals surface area contributed by atoms with E-state index in [1.807, 2.05) is 42.5 Å². The lowest BCUT2D eigenvalue weighted by Crippen LogP contribution is -2.62. The topological polar surface area (TPSA) is 35.6 Å². The molecule has 2 saturated heterocycles. The number of para-hydroxylation sites is 1. The van der Waals surface area contributed by atoms with Gasteiger partial charge in [-0.25, -0.2) is 0 Å². The summed E-state index contributed by atoms with van der Waals surface area (Å²) in [6, 6.07) is 28.7. The van der Waals surface area contributed by atoms with Gasteiger partial charge in [0.05, 0.1) is 6.42 Å². The maximum Gasteiger partial charge on any atom is 0.224 e. The molecule has 2 fully saturated rings. The first kappa shape index (κ1) is 22.0. The van der Waals surface area contributed by atoms with Gasteiger partial charge in [-0.05, 0) is 41.3 Å². The van der Waals surface area contributed by atoms with Gasteiger partial charge in [-0.2, -0.15) is 0 Å². The van der Waals surface area contributed by atoms with Crippen LogP contribution in [0.4, 0.5) is 5.69 Å². The fourth-order valence-corrected chi connectivity index (χ4v) is 5.63. The monoisotopic (exact) mass is 459 g/mol. The lowest BCUT2D eigenvalue weighted by molar-refractivity contribution is -0.120. The molecule has 1 atom stereocenters. The second kappa shape index (κ2) is 9.58. The van der Waals surface area contributed by atoms with Crippen molar-refractivity contribution < 1.29 is 4.79 Å². The highest BCUT2D eigenvalue weighted by Gasteiger charge is 2.53. The van der Waals surface area contributed by atoms with E-state index in [4.69, 9.17) is 11.6 Å². The van der Waals surface area contributed by atoms with Crippen molar-refractivity contribution >= 4 is 23.2 Å². The highest BCUT2D eigenvalue weighted by Crippen LogP contribution is 2.45. The zero-order valence-electron chi connectivity index (χ0n) is 18.8. The largest absolute Gasteiger partial charge is 0.370 e. The number of halogens is 1. The Labute approximate surface area is 201 Å². The maximum absolute atomic E-state index is 12.6. The zero-order chi connectivity index (χ0) is 22.7. The summed E-state index contributed by atoms with van der Waals surface area (Å²) in [5.74, 6) is 0.528. The molecule has 3 aromatic rings. The Morgan fingerprint density at radius 1 is 0.909 bits per heavy atom. The van der Waals surface area contributed by atoms with Gasteiger partial charge in [0.2, 0.25) is 5.91 Å². The summed E-state index contributed by atoms with van der Waals surface area (Å²) in [4.78, 5) is 17.6.